The second kappa shape index (κ2) is 32.4. The van der Waals surface area contributed by atoms with E-state index in [-0.39, 0.29) is 93.8 Å². The highest BCUT2D eigenvalue weighted by Gasteiger charge is 2.53. The van der Waals surface area contributed by atoms with E-state index in [9.17, 15) is 39.3 Å². The smallest absolute Gasteiger partial charge is 0.329 e. The molecule has 0 aromatic carbocycles. The molecule has 75 heavy (non-hydrogen) atoms. The number of piperidine rings is 1. The molecule has 17 heteroatoms. The van der Waals surface area contributed by atoms with Crippen molar-refractivity contribution >= 4 is 29.2 Å². The lowest BCUT2D eigenvalue weighted by atomic mass is 9.78. The normalized spacial score (nSPS) is 36.6. The molecular weight excluding hydrogens is 967 g/mol. The van der Waals surface area contributed by atoms with Gasteiger partial charge in [0.05, 0.1) is 50.8 Å². The van der Waals surface area contributed by atoms with Crippen molar-refractivity contribution in [3.05, 3.63) is 47.6 Å². The molecule has 3 fully saturated rings. The molecule has 426 valence electrons. The highest BCUT2D eigenvalue weighted by molar-refractivity contribution is 6.39. The van der Waals surface area contributed by atoms with Crippen molar-refractivity contribution < 1.29 is 77.2 Å². The van der Waals surface area contributed by atoms with Gasteiger partial charge in [0, 0.05) is 71.7 Å². The molecule has 1 amide bonds. The lowest BCUT2D eigenvalue weighted by Gasteiger charge is -2.43. The average molecular weight is 1060 g/mol. The van der Waals surface area contributed by atoms with Crippen LogP contribution in [0, 0.1) is 35.5 Å². The van der Waals surface area contributed by atoms with Gasteiger partial charge in [-0.2, -0.15) is 0 Å². The first-order valence-corrected chi connectivity index (χ1v) is 27.7. The number of hydrogen-bond acceptors (Lipinski definition) is 16. The van der Waals surface area contributed by atoms with Crippen LogP contribution in [0.4, 0.5) is 0 Å². The summed E-state index contributed by atoms with van der Waals surface area (Å²) in [7, 11) is 4.71. The number of carbonyl (C=O) groups is 5. The van der Waals surface area contributed by atoms with E-state index in [1.165, 1.54) is 12.0 Å². The summed E-state index contributed by atoms with van der Waals surface area (Å²) in [5, 5.41) is 32.9. The third-order valence-corrected chi connectivity index (χ3v) is 15.8. The van der Waals surface area contributed by atoms with Crippen molar-refractivity contribution in [2.45, 2.75) is 186 Å². The van der Waals surface area contributed by atoms with Gasteiger partial charge in [0.1, 0.15) is 30.1 Å². The van der Waals surface area contributed by atoms with Crippen LogP contribution in [0.15, 0.2) is 47.6 Å². The number of cyclic esters (lactones) is 1. The fraction of sp³-hybridized carbons (Fsp3) is 0.776. The van der Waals surface area contributed by atoms with E-state index in [4.69, 9.17) is 37.9 Å². The number of methoxy groups -OCH3 is 3. The molecule has 3 N–H and O–H groups in total. The first-order valence-electron chi connectivity index (χ1n) is 27.7. The molecule has 17 nitrogen and oxygen atoms in total. The van der Waals surface area contributed by atoms with Crippen molar-refractivity contribution in [1.29, 1.82) is 0 Å². The fourth-order valence-electron chi connectivity index (χ4n) is 11.1. The van der Waals surface area contributed by atoms with Crippen molar-refractivity contribution in [3.8, 4) is 0 Å². The van der Waals surface area contributed by atoms with Gasteiger partial charge in [0.25, 0.3) is 11.7 Å². The van der Waals surface area contributed by atoms with Gasteiger partial charge in [0.15, 0.2) is 5.78 Å². The number of Topliss-reactive ketones (excluding diaryl/α,β-unsaturated/α-hetero) is 3. The molecule has 0 spiro atoms. The lowest BCUT2D eigenvalue weighted by molar-refractivity contribution is -0.266. The molecule has 2 bridgehead atoms. The van der Waals surface area contributed by atoms with Crippen LogP contribution in [0.2, 0.25) is 0 Å². The van der Waals surface area contributed by atoms with Crippen molar-refractivity contribution in [2.24, 2.45) is 35.5 Å². The quantitative estimate of drug-likeness (QED) is 0.0639. The SMILES string of the molecule is COCCCO[C@@H]1CC[C@@H](C[C@@H](C)[C@@H]2CC(=O)[C@H](C)/C=C(\C)[C@@H](O)[C@@H](OC)C(=O)[C@H](C)C[C@H](C)/C=C/C=C/C=C(\C)C(OCCOCCO)C[C@@H]3CC[C@@H](C)[C@@](O)(O3)C(=O)C(=O)N3CCCC[C@H]3C(=O)O2)C[C@H]1OC. The Labute approximate surface area is 447 Å². The second-order valence-corrected chi connectivity index (χ2v) is 21.8. The highest BCUT2D eigenvalue weighted by atomic mass is 16.6. The number of ketones is 3. The number of aliphatic hydroxyl groups is 3. The molecule has 2 saturated heterocycles. The van der Waals surface area contributed by atoms with E-state index in [0.717, 1.165) is 24.8 Å². The zero-order valence-corrected chi connectivity index (χ0v) is 46.8. The fourth-order valence-corrected chi connectivity index (χ4v) is 11.1. The summed E-state index contributed by atoms with van der Waals surface area (Å²) >= 11 is 0. The number of hydrogen-bond donors (Lipinski definition) is 3. The monoisotopic (exact) mass is 1060 g/mol. The largest absolute Gasteiger partial charge is 0.460 e. The molecule has 15 atom stereocenters. The Morgan fingerprint density at radius 1 is 0.813 bits per heavy atom. The van der Waals surface area contributed by atoms with Crippen LogP contribution in [-0.4, -0.2) is 172 Å². The molecule has 4 rings (SSSR count). The molecule has 3 aliphatic heterocycles. The van der Waals surface area contributed by atoms with E-state index < -0.39 is 77.8 Å². The minimum atomic E-state index is -2.49. The van der Waals surface area contributed by atoms with Gasteiger partial charge in [-0.25, -0.2) is 4.79 Å². The molecule has 3 heterocycles. The first-order chi connectivity index (χ1) is 35.8. The van der Waals surface area contributed by atoms with Gasteiger partial charge in [-0.05, 0) is 113 Å². The van der Waals surface area contributed by atoms with E-state index in [1.54, 1.807) is 41.1 Å². The molecule has 0 aromatic rings. The van der Waals surface area contributed by atoms with Crippen LogP contribution in [0.25, 0.3) is 0 Å². The predicted molar refractivity (Wildman–Crippen MR) is 282 cm³/mol. The topological polar surface area (TPSA) is 223 Å². The number of ether oxygens (including phenoxy) is 8. The Balaban J connectivity index is 1.70. The summed E-state index contributed by atoms with van der Waals surface area (Å²) < 4.78 is 47.3. The summed E-state index contributed by atoms with van der Waals surface area (Å²) in [6.45, 7) is 14.3. The van der Waals surface area contributed by atoms with Crippen LogP contribution in [0.1, 0.15) is 132 Å². The minimum Gasteiger partial charge on any atom is -0.460 e. The predicted octanol–water partition coefficient (Wildman–Crippen LogP) is 6.62. The Morgan fingerprint density at radius 3 is 2.28 bits per heavy atom. The third-order valence-electron chi connectivity index (χ3n) is 15.8. The van der Waals surface area contributed by atoms with Crippen molar-refractivity contribution in [2.75, 3.05) is 67.5 Å². The number of allylic oxidation sites excluding steroid dienone is 6. The van der Waals surface area contributed by atoms with Gasteiger partial charge < -0.3 is 58.1 Å². The maximum Gasteiger partial charge on any atom is 0.329 e. The summed E-state index contributed by atoms with van der Waals surface area (Å²) in [4.78, 5) is 72.9. The molecular formula is C58H93NO16. The lowest BCUT2D eigenvalue weighted by Crippen LogP contribution is -2.61. The van der Waals surface area contributed by atoms with E-state index in [2.05, 4.69) is 0 Å². The van der Waals surface area contributed by atoms with Gasteiger partial charge in [0.2, 0.25) is 5.79 Å². The Hall–Kier alpha value is -3.49. The summed E-state index contributed by atoms with van der Waals surface area (Å²) in [5.41, 5.74) is 1.21. The van der Waals surface area contributed by atoms with Crippen LogP contribution < -0.4 is 0 Å². The molecule has 1 unspecified atom stereocenters. The first kappa shape index (κ1) is 64.0. The van der Waals surface area contributed by atoms with Gasteiger partial charge in [-0.1, -0.05) is 71.1 Å². The van der Waals surface area contributed by atoms with Gasteiger partial charge in [-0.15, -0.1) is 0 Å². The van der Waals surface area contributed by atoms with Crippen molar-refractivity contribution in [3.63, 3.8) is 0 Å². The number of aliphatic hydroxyl groups excluding tert-OH is 2. The molecule has 1 aliphatic carbocycles. The van der Waals surface area contributed by atoms with Crippen LogP contribution in [0.3, 0.4) is 0 Å². The van der Waals surface area contributed by atoms with Gasteiger partial charge in [-0.3, -0.25) is 19.2 Å². The standard InChI is InChI=1S/C58H93NO16/c1-37-17-12-11-13-18-38(2)49(73-30-29-71-28-25-60)35-45-22-20-43(7)58(67,75-45)55(64)56(65)59-24-15-14-19-46(59)57(66)74-50(40(4)33-44-21-23-48(51(34-44)69-9)72-27-16-26-68-8)36-47(61)39(3)32-42(6)53(63)54(70-10)52(62)41(5)31-37/h11-13,17-18,32,37,39-41,43-46,48-51,53-54,60,63,67H,14-16,19-31,33-36H2,1-10H3/b13-11+,17-12+,38-18+,42-32+/t37-,39-,40-,41-,43-,44+,45+,46+,48-,49?,50+,51-,53-,54+,58-/m1/s1. The number of esters is 1. The van der Waals surface area contributed by atoms with E-state index >= 15 is 0 Å². The Bertz CT molecular complexity index is 1930. The number of amides is 1. The Kier molecular flexibility index (Phi) is 27.7. The second-order valence-electron chi connectivity index (χ2n) is 21.8. The maximum absolute atomic E-state index is 14.6. The summed E-state index contributed by atoms with van der Waals surface area (Å²) in [6.07, 6.45) is 12.6. The van der Waals surface area contributed by atoms with E-state index in [0.29, 0.717) is 63.7 Å². The van der Waals surface area contributed by atoms with Gasteiger partial charge >= 0.3 is 5.97 Å². The van der Waals surface area contributed by atoms with Crippen LogP contribution in [-0.2, 0) is 61.9 Å². The zero-order valence-electron chi connectivity index (χ0n) is 46.8. The Morgan fingerprint density at radius 2 is 1.57 bits per heavy atom. The van der Waals surface area contributed by atoms with E-state index in [1.807, 2.05) is 58.1 Å². The number of fused-ring (bicyclic) bond motifs is 3. The molecule has 4 aliphatic rings. The maximum atomic E-state index is 14.6. The summed E-state index contributed by atoms with van der Waals surface area (Å²) in [5.74, 6) is -8.13. The minimum absolute atomic E-state index is 0.0142. The highest BCUT2D eigenvalue weighted by Crippen LogP contribution is 2.38. The van der Waals surface area contributed by atoms with Crippen LogP contribution in [0.5, 0.6) is 0 Å². The third kappa shape index (κ3) is 19.1. The number of nitrogens with zero attached hydrogens (tertiary/aromatic N) is 1. The number of carbonyl (C=O) groups excluding carboxylic acids is 5. The molecule has 0 aromatic heterocycles. The summed E-state index contributed by atoms with van der Waals surface area (Å²) in [6, 6.07) is -1.16. The van der Waals surface area contributed by atoms with Crippen LogP contribution >= 0.6 is 0 Å². The zero-order chi connectivity index (χ0) is 55.2. The van der Waals surface area contributed by atoms with Crippen molar-refractivity contribution in [1.82, 2.24) is 4.90 Å². The molecule has 1 saturated carbocycles. The number of rotatable bonds is 16. The average Bonchev–Trinajstić information content (AvgIpc) is 3.39. The molecule has 0 radical (unpaired) electrons.